The Labute approximate surface area is 174 Å². The molecule has 2 heterocycles. The maximum absolute atomic E-state index is 11.6. The summed E-state index contributed by atoms with van der Waals surface area (Å²) in [5.74, 6) is -1.83. The van der Waals surface area contributed by atoms with Crippen LogP contribution in [0.15, 0.2) is 54.2 Å². The van der Waals surface area contributed by atoms with Gasteiger partial charge in [0.2, 0.25) is 0 Å². The SMILES string of the molecule is O.O=C(N/N=C/c1ccncc1)c1ccncc1.O=C(O)CCCCCCC(=O)O. The van der Waals surface area contributed by atoms with E-state index in [1.165, 1.54) is 0 Å². The summed E-state index contributed by atoms with van der Waals surface area (Å²) in [6, 6.07) is 6.83. The van der Waals surface area contributed by atoms with Crippen LogP contribution < -0.4 is 5.43 Å². The van der Waals surface area contributed by atoms with Crippen molar-refractivity contribution in [1.82, 2.24) is 15.4 Å². The summed E-state index contributed by atoms with van der Waals surface area (Å²) in [5.41, 5.74) is 3.82. The van der Waals surface area contributed by atoms with Gasteiger partial charge in [0.1, 0.15) is 0 Å². The Bertz CT molecular complexity index is 766. The Morgan fingerprint density at radius 3 is 1.77 bits per heavy atom. The fourth-order valence-corrected chi connectivity index (χ4v) is 2.09. The van der Waals surface area contributed by atoms with Crippen molar-refractivity contribution in [3.05, 3.63) is 60.2 Å². The van der Waals surface area contributed by atoms with Crippen molar-refractivity contribution in [3.63, 3.8) is 0 Å². The molecule has 2 aromatic rings. The lowest BCUT2D eigenvalue weighted by Crippen LogP contribution is -2.17. The number of carboxylic acid groups (broad SMARTS) is 2. The quantitative estimate of drug-likeness (QED) is 0.300. The number of carbonyl (C=O) groups excluding carboxylic acids is 1. The van der Waals surface area contributed by atoms with E-state index in [9.17, 15) is 14.4 Å². The van der Waals surface area contributed by atoms with Crippen LogP contribution >= 0.6 is 0 Å². The van der Waals surface area contributed by atoms with Gasteiger partial charge in [0.15, 0.2) is 0 Å². The molecule has 0 saturated heterocycles. The fraction of sp³-hybridized carbons (Fsp3) is 0.300. The van der Waals surface area contributed by atoms with Gasteiger partial charge in [-0.1, -0.05) is 12.8 Å². The summed E-state index contributed by atoms with van der Waals surface area (Å²) < 4.78 is 0. The van der Waals surface area contributed by atoms with E-state index >= 15 is 0 Å². The van der Waals surface area contributed by atoms with Crippen LogP contribution in [0.3, 0.4) is 0 Å². The summed E-state index contributed by atoms with van der Waals surface area (Å²) in [6.07, 6.45) is 11.3. The molecule has 0 unspecified atom stereocenters. The van der Waals surface area contributed by atoms with Crippen LogP contribution in [-0.4, -0.2) is 49.7 Å². The van der Waals surface area contributed by atoms with E-state index in [0.717, 1.165) is 18.4 Å². The fourth-order valence-electron chi connectivity index (χ4n) is 2.09. The molecule has 0 aromatic carbocycles. The van der Waals surface area contributed by atoms with Crippen molar-refractivity contribution in [1.29, 1.82) is 0 Å². The number of hydrazone groups is 1. The van der Waals surface area contributed by atoms with Gasteiger partial charge in [0.25, 0.3) is 5.91 Å². The number of unbranched alkanes of at least 4 members (excludes halogenated alkanes) is 3. The summed E-state index contributed by atoms with van der Waals surface area (Å²) in [6.45, 7) is 0. The molecular weight excluding hydrogens is 392 g/mol. The van der Waals surface area contributed by atoms with Gasteiger partial charge in [0.05, 0.1) is 6.21 Å². The van der Waals surface area contributed by atoms with E-state index in [4.69, 9.17) is 10.2 Å². The average Bonchev–Trinajstić information content (AvgIpc) is 2.72. The standard InChI is InChI=1S/C12H10N4O.C8H14O4.H2O/c17-12(11-3-7-14-8-4-11)16-15-9-10-1-5-13-6-2-10;9-7(10)5-3-1-2-4-6-8(11)12;/h1-9H,(H,16,17);1-6H2,(H,9,10)(H,11,12);1H2/b15-9+;;. The molecule has 0 atom stereocenters. The number of nitrogens with one attached hydrogen (secondary N) is 1. The maximum Gasteiger partial charge on any atom is 0.303 e. The number of aliphatic carboxylic acids is 2. The van der Waals surface area contributed by atoms with Crippen LogP contribution in [0.5, 0.6) is 0 Å². The number of pyridine rings is 2. The second kappa shape index (κ2) is 16.3. The number of rotatable bonds is 10. The topological polar surface area (TPSA) is 173 Å². The zero-order valence-electron chi connectivity index (χ0n) is 16.4. The molecule has 0 saturated carbocycles. The highest BCUT2D eigenvalue weighted by Gasteiger charge is 2.01. The number of hydrogen-bond donors (Lipinski definition) is 3. The van der Waals surface area contributed by atoms with E-state index in [1.807, 2.05) is 0 Å². The van der Waals surface area contributed by atoms with E-state index in [-0.39, 0.29) is 24.2 Å². The van der Waals surface area contributed by atoms with E-state index in [0.29, 0.717) is 18.4 Å². The van der Waals surface area contributed by atoms with E-state index in [2.05, 4.69) is 20.5 Å². The highest BCUT2D eigenvalue weighted by atomic mass is 16.4. The molecule has 2 rings (SSSR count). The summed E-state index contributed by atoms with van der Waals surface area (Å²) in [4.78, 5) is 39.4. The van der Waals surface area contributed by atoms with Crippen LogP contribution in [0.25, 0.3) is 0 Å². The Balaban J connectivity index is 0.000000579. The molecule has 30 heavy (non-hydrogen) atoms. The van der Waals surface area contributed by atoms with Crippen LogP contribution in [0, 0.1) is 0 Å². The molecule has 0 fully saturated rings. The molecule has 0 bridgehead atoms. The van der Waals surface area contributed by atoms with Crippen LogP contribution in [0.4, 0.5) is 0 Å². The van der Waals surface area contributed by atoms with Gasteiger partial charge in [-0.25, -0.2) is 5.43 Å². The monoisotopic (exact) mass is 418 g/mol. The van der Waals surface area contributed by atoms with E-state index < -0.39 is 11.9 Å². The molecule has 1 amide bonds. The first-order valence-electron chi connectivity index (χ1n) is 9.06. The van der Waals surface area contributed by atoms with Gasteiger partial charge in [-0.15, -0.1) is 0 Å². The van der Waals surface area contributed by atoms with Crippen LogP contribution in [-0.2, 0) is 9.59 Å². The van der Waals surface area contributed by atoms with Crippen molar-refractivity contribution < 1.29 is 30.1 Å². The van der Waals surface area contributed by atoms with Gasteiger partial charge in [-0.2, -0.15) is 5.10 Å². The lowest BCUT2D eigenvalue weighted by atomic mass is 10.1. The summed E-state index contributed by atoms with van der Waals surface area (Å²) >= 11 is 0. The number of carboxylic acids is 2. The molecule has 0 aliphatic rings. The van der Waals surface area contributed by atoms with Crippen molar-refractivity contribution in [3.8, 4) is 0 Å². The second-order valence-electron chi connectivity index (χ2n) is 5.92. The van der Waals surface area contributed by atoms with Crippen molar-refractivity contribution >= 4 is 24.1 Å². The molecule has 5 N–H and O–H groups in total. The number of carbonyl (C=O) groups is 3. The largest absolute Gasteiger partial charge is 0.481 e. The molecule has 2 aromatic heterocycles. The zero-order valence-corrected chi connectivity index (χ0v) is 16.4. The lowest BCUT2D eigenvalue weighted by Gasteiger charge is -1.98. The Morgan fingerprint density at radius 1 is 0.833 bits per heavy atom. The molecule has 0 aliphatic heterocycles. The normalized spacial score (nSPS) is 9.73. The van der Waals surface area contributed by atoms with Gasteiger partial charge >= 0.3 is 11.9 Å². The Kier molecular flexibility index (Phi) is 14.3. The molecule has 162 valence electrons. The minimum Gasteiger partial charge on any atom is -0.481 e. The minimum absolute atomic E-state index is 0. The first-order chi connectivity index (χ1) is 14.0. The molecule has 10 heteroatoms. The first-order valence-corrected chi connectivity index (χ1v) is 9.06. The molecular formula is C20H26N4O6. The molecule has 10 nitrogen and oxygen atoms in total. The van der Waals surface area contributed by atoms with Gasteiger partial charge < -0.3 is 15.7 Å². The van der Waals surface area contributed by atoms with Crippen molar-refractivity contribution in [2.45, 2.75) is 38.5 Å². The number of hydrogen-bond acceptors (Lipinski definition) is 6. The highest BCUT2D eigenvalue weighted by Crippen LogP contribution is 2.05. The Hall–Kier alpha value is -3.66. The Morgan fingerprint density at radius 2 is 1.30 bits per heavy atom. The second-order valence-corrected chi connectivity index (χ2v) is 5.92. The smallest absolute Gasteiger partial charge is 0.303 e. The van der Waals surface area contributed by atoms with Gasteiger partial charge in [0, 0.05) is 43.2 Å². The predicted molar refractivity (Wildman–Crippen MR) is 110 cm³/mol. The minimum atomic E-state index is -0.784. The predicted octanol–water partition coefficient (Wildman–Crippen LogP) is 1.91. The third-order valence-electron chi connectivity index (χ3n) is 3.56. The van der Waals surface area contributed by atoms with Crippen molar-refractivity contribution in [2.24, 2.45) is 5.10 Å². The number of aromatic nitrogens is 2. The number of nitrogens with zero attached hydrogens (tertiary/aromatic N) is 3. The van der Waals surface area contributed by atoms with Crippen LogP contribution in [0.2, 0.25) is 0 Å². The zero-order chi connectivity index (χ0) is 21.3. The van der Waals surface area contributed by atoms with E-state index in [1.54, 1.807) is 55.3 Å². The third kappa shape index (κ3) is 13.5. The van der Waals surface area contributed by atoms with Gasteiger partial charge in [-0.05, 0) is 42.7 Å². The third-order valence-corrected chi connectivity index (χ3v) is 3.56. The highest BCUT2D eigenvalue weighted by molar-refractivity contribution is 5.94. The average molecular weight is 418 g/mol. The van der Waals surface area contributed by atoms with Crippen LogP contribution in [0.1, 0.15) is 54.4 Å². The lowest BCUT2D eigenvalue weighted by molar-refractivity contribution is -0.138. The molecule has 0 aliphatic carbocycles. The maximum atomic E-state index is 11.6. The molecule has 0 radical (unpaired) electrons. The van der Waals surface area contributed by atoms with Gasteiger partial charge in [-0.3, -0.25) is 24.4 Å². The summed E-state index contributed by atoms with van der Waals surface area (Å²) in [7, 11) is 0. The molecule has 0 spiro atoms. The van der Waals surface area contributed by atoms with Crippen molar-refractivity contribution in [2.75, 3.05) is 0 Å². The number of amides is 1. The summed E-state index contributed by atoms with van der Waals surface area (Å²) in [5, 5.41) is 20.4. The first kappa shape index (κ1) is 26.3.